The topological polar surface area (TPSA) is 83.6 Å². The predicted octanol–water partition coefficient (Wildman–Crippen LogP) is 0.0886. The summed E-state index contributed by atoms with van der Waals surface area (Å²) in [5.41, 5.74) is 3.59. The van der Waals surface area contributed by atoms with Crippen molar-refractivity contribution in [2.45, 2.75) is 32.3 Å². The van der Waals surface area contributed by atoms with E-state index in [4.69, 9.17) is 5.73 Å². The lowest BCUT2D eigenvalue weighted by atomic mass is 9.92. The van der Waals surface area contributed by atoms with Crippen LogP contribution < -0.4 is 5.73 Å². The number of nitrogens with two attached hydrogens (primary N) is 1. The maximum absolute atomic E-state index is 13.4. The summed E-state index contributed by atoms with van der Waals surface area (Å²) in [6.07, 6.45) is 0.615. The highest BCUT2D eigenvalue weighted by Gasteiger charge is 2.40. The number of halogens is 1. The number of allylic oxidation sites excluding steroid dienone is 1. The maximum atomic E-state index is 13.4. The first-order valence-electron chi connectivity index (χ1n) is 5.42. The minimum atomic E-state index is -1.74. The van der Waals surface area contributed by atoms with Gasteiger partial charge in [0, 0.05) is 6.54 Å². The molecule has 2 amide bonds. The van der Waals surface area contributed by atoms with Crippen molar-refractivity contribution < 1.29 is 19.1 Å². The molecule has 1 saturated heterocycles. The third kappa shape index (κ3) is 2.82. The van der Waals surface area contributed by atoms with Crippen LogP contribution in [0.2, 0.25) is 0 Å². The molecule has 1 fully saturated rings. The Bertz CT molecular complexity index is 377. The second kappa shape index (κ2) is 4.83. The zero-order valence-electron chi connectivity index (χ0n) is 9.99. The molecule has 0 aliphatic carbocycles. The number of piperidine rings is 1. The summed E-state index contributed by atoms with van der Waals surface area (Å²) in [5.74, 6) is -2.53. The molecule has 0 aromatic carbocycles. The quantitative estimate of drug-likeness (QED) is 0.675. The molecule has 0 radical (unpaired) electrons. The molecule has 6 heteroatoms. The highest BCUT2D eigenvalue weighted by atomic mass is 19.1. The molecule has 1 rings (SSSR count). The molecule has 1 aliphatic rings. The number of primary amides is 1. The van der Waals surface area contributed by atoms with Gasteiger partial charge in [0.1, 0.15) is 0 Å². The molecule has 1 heterocycles. The van der Waals surface area contributed by atoms with Gasteiger partial charge in [-0.1, -0.05) is 0 Å². The Balaban J connectivity index is 2.85. The summed E-state index contributed by atoms with van der Waals surface area (Å²) in [4.78, 5) is 23.9. The summed E-state index contributed by atoms with van der Waals surface area (Å²) < 4.78 is 13.4. The Morgan fingerprint density at radius 1 is 1.41 bits per heavy atom. The third-order valence-electron chi connectivity index (χ3n) is 2.84. The molecule has 0 aromatic heterocycles. The monoisotopic (exact) mass is 244 g/mol. The van der Waals surface area contributed by atoms with E-state index >= 15 is 0 Å². The van der Waals surface area contributed by atoms with Gasteiger partial charge in [-0.15, -0.1) is 0 Å². The minimum Gasteiger partial charge on any atom is -0.378 e. The van der Waals surface area contributed by atoms with Gasteiger partial charge in [-0.05, 0) is 32.3 Å². The van der Waals surface area contributed by atoms with Crippen molar-refractivity contribution in [2.75, 3.05) is 13.1 Å². The van der Waals surface area contributed by atoms with Crippen molar-refractivity contribution in [3.63, 3.8) is 0 Å². The Hall–Kier alpha value is -1.43. The second-order valence-corrected chi connectivity index (χ2v) is 4.54. The molecule has 0 unspecified atom stereocenters. The number of carbonyl (C=O) groups excluding carboxylic acids is 2. The fourth-order valence-corrected chi connectivity index (χ4v) is 1.76. The van der Waals surface area contributed by atoms with E-state index in [1.807, 2.05) is 0 Å². The van der Waals surface area contributed by atoms with Gasteiger partial charge in [-0.2, -0.15) is 0 Å². The largest absolute Gasteiger partial charge is 0.378 e. The van der Waals surface area contributed by atoms with Crippen molar-refractivity contribution >= 4 is 11.8 Å². The Kier molecular flexibility index (Phi) is 3.87. The lowest BCUT2D eigenvalue weighted by Crippen LogP contribution is -2.57. The van der Waals surface area contributed by atoms with E-state index in [0.29, 0.717) is 13.0 Å². The maximum Gasteiger partial charge on any atom is 0.282 e. The summed E-state index contributed by atoms with van der Waals surface area (Å²) in [5, 5.41) is 9.88. The molecule has 96 valence electrons. The van der Waals surface area contributed by atoms with Gasteiger partial charge in [-0.25, -0.2) is 4.39 Å². The molecular weight excluding hydrogens is 227 g/mol. The normalized spacial score (nSPS) is 24.4. The van der Waals surface area contributed by atoms with Gasteiger partial charge in [-0.3, -0.25) is 9.59 Å². The Morgan fingerprint density at radius 3 is 2.47 bits per heavy atom. The first kappa shape index (κ1) is 13.6. The highest BCUT2D eigenvalue weighted by molar-refractivity contribution is 5.93. The molecule has 3 N–H and O–H groups in total. The van der Waals surface area contributed by atoms with E-state index in [0.717, 1.165) is 4.90 Å². The molecule has 0 saturated carbocycles. The molecule has 5 nitrogen and oxygen atoms in total. The number of nitrogens with zero attached hydrogens (tertiary/aromatic N) is 1. The van der Waals surface area contributed by atoms with Gasteiger partial charge in [0.2, 0.25) is 0 Å². The van der Waals surface area contributed by atoms with Gasteiger partial charge in [0.05, 0.1) is 6.54 Å². The number of likely N-dealkylation sites (tertiary alicyclic amines) is 1. The van der Waals surface area contributed by atoms with Crippen LogP contribution in [-0.2, 0) is 9.59 Å². The van der Waals surface area contributed by atoms with Crippen LogP contribution in [0.25, 0.3) is 0 Å². The van der Waals surface area contributed by atoms with E-state index < -0.39 is 23.2 Å². The minimum absolute atomic E-state index is 0.197. The smallest absolute Gasteiger partial charge is 0.282 e. The van der Waals surface area contributed by atoms with E-state index in [-0.39, 0.29) is 18.5 Å². The standard InChI is InChI=1S/C11H17FN2O3/c1-7(2)8(12)9(15)14-5-3-4-11(17,6-14)10(13)16/h17H,3-6H2,1-2H3,(H2,13,16)/t11-/m1/s1. The van der Waals surface area contributed by atoms with E-state index in [2.05, 4.69) is 0 Å². The zero-order valence-corrected chi connectivity index (χ0v) is 9.99. The lowest BCUT2D eigenvalue weighted by Gasteiger charge is -2.36. The van der Waals surface area contributed by atoms with Gasteiger partial charge in [0.25, 0.3) is 11.8 Å². The SMILES string of the molecule is CC(C)=C(F)C(=O)N1CCC[C@](O)(C(N)=O)C1. The Morgan fingerprint density at radius 2 is 2.00 bits per heavy atom. The number of carbonyl (C=O) groups is 2. The summed E-state index contributed by atoms with van der Waals surface area (Å²) in [6, 6.07) is 0. The summed E-state index contributed by atoms with van der Waals surface area (Å²) in [6.45, 7) is 3.03. The predicted molar refractivity (Wildman–Crippen MR) is 59.4 cm³/mol. The van der Waals surface area contributed by atoms with Gasteiger partial charge in [0.15, 0.2) is 11.4 Å². The molecule has 1 atom stereocenters. The number of amides is 2. The molecule has 17 heavy (non-hydrogen) atoms. The highest BCUT2D eigenvalue weighted by Crippen LogP contribution is 2.23. The Labute approximate surface area is 99.1 Å². The van der Waals surface area contributed by atoms with E-state index in [1.165, 1.54) is 13.8 Å². The lowest BCUT2D eigenvalue weighted by molar-refractivity contribution is -0.147. The zero-order chi connectivity index (χ0) is 13.2. The average molecular weight is 244 g/mol. The number of hydrogen-bond acceptors (Lipinski definition) is 3. The molecule has 0 bridgehead atoms. The van der Waals surface area contributed by atoms with Crippen LogP contribution in [-0.4, -0.2) is 40.5 Å². The van der Waals surface area contributed by atoms with Crippen molar-refractivity contribution in [1.29, 1.82) is 0 Å². The fraction of sp³-hybridized carbons (Fsp3) is 0.636. The van der Waals surface area contributed by atoms with E-state index in [1.54, 1.807) is 0 Å². The van der Waals surface area contributed by atoms with Crippen molar-refractivity contribution in [1.82, 2.24) is 4.90 Å². The van der Waals surface area contributed by atoms with Crippen molar-refractivity contribution in [3.05, 3.63) is 11.4 Å². The average Bonchev–Trinajstić information content (AvgIpc) is 2.26. The van der Waals surface area contributed by atoms with Crippen molar-refractivity contribution in [2.24, 2.45) is 5.73 Å². The number of rotatable bonds is 2. The molecule has 0 spiro atoms. The van der Waals surface area contributed by atoms with Crippen LogP contribution in [0.4, 0.5) is 4.39 Å². The third-order valence-corrected chi connectivity index (χ3v) is 2.84. The molecule has 0 aromatic rings. The fourth-order valence-electron chi connectivity index (χ4n) is 1.76. The first-order chi connectivity index (χ1) is 7.78. The van der Waals surface area contributed by atoms with Crippen LogP contribution in [0.1, 0.15) is 26.7 Å². The second-order valence-electron chi connectivity index (χ2n) is 4.54. The molecule has 1 aliphatic heterocycles. The van der Waals surface area contributed by atoms with Gasteiger partial charge >= 0.3 is 0 Å². The number of hydrogen-bond donors (Lipinski definition) is 2. The van der Waals surface area contributed by atoms with Gasteiger partial charge < -0.3 is 15.7 Å². The van der Waals surface area contributed by atoms with Crippen LogP contribution in [0, 0.1) is 0 Å². The molecular formula is C11H17FN2O3. The first-order valence-corrected chi connectivity index (χ1v) is 5.42. The number of aliphatic hydroxyl groups is 1. The summed E-state index contributed by atoms with van der Waals surface area (Å²) in [7, 11) is 0. The number of β-amino-alcohol motifs (C(OH)–C–C–N with tert-alkyl or cyclic N) is 1. The van der Waals surface area contributed by atoms with Crippen LogP contribution >= 0.6 is 0 Å². The summed E-state index contributed by atoms with van der Waals surface area (Å²) >= 11 is 0. The van der Waals surface area contributed by atoms with Crippen LogP contribution in [0.5, 0.6) is 0 Å². The van der Waals surface area contributed by atoms with E-state index in [9.17, 15) is 19.1 Å². The van der Waals surface area contributed by atoms with Crippen LogP contribution in [0.3, 0.4) is 0 Å². The van der Waals surface area contributed by atoms with Crippen LogP contribution in [0.15, 0.2) is 11.4 Å². The van der Waals surface area contributed by atoms with Crippen molar-refractivity contribution in [3.8, 4) is 0 Å².